The molecule has 0 aliphatic rings. The first-order valence-electron chi connectivity index (χ1n) is 7.90. The number of hydrogen-bond acceptors (Lipinski definition) is 3. The van der Waals surface area contributed by atoms with Crippen LogP contribution in [-0.4, -0.2) is 17.5 Å². The van der Waals surface area contributed by atoms with Crippen LogP contribution in [-0.2, 0) is 9.09 Å². The Morgan fingerprint density at radius 2 is 1.92 bits per heavy atom. The van der Waals surface area contributed by atoms with Crippen molar-refractivity contribution < 1.29 is 13.9 Å². The Balaban J connectivity index is 2.42. The number of carbonyl (C=O) groups is 1. The molecule has 2 aromatic carbocycles. The average Bonchev–Trinajstić information content (AvgIpc) is 2.93. The monoisotopic (exact) mass is 410 g/mol. The number of nitrogens with two attached hydrogens (primary N) is 1. The summed E-state index contributed by atoms with van der Waals surface area (Å²) in [4.78, 5) is 15.0. The summed E-state index contributed by atoms with van der Waals surface area (Å²) in [6.45, 7) is 3.75. The molecule has 0 radical (unpaired) electrons. The van der Waals surface area contributed by atoms with E-state index in [2.05, 4.69) is 4.98 Å². The molecule has 5 nitrogen and oxygen atoms in total. The molecule has 1 atom stereocenters. The lowest BCUT2D eigenvalue weighted by Gasteiger charge is -2.20. The number of aromatic nitrogens is 1. The van der Waals surface area contributed by atoms with Crippen molar-refractivity contribution in [3.8, 4) is 0 Å². The Bertz CT molecular complexity index is 1040. The van der Waals surface area contributed by atoms with Crippen LogP contribution in [0.25, 0.3) is 10.9 Å². The van der Waals surface area contributed by atoms with Crippen LogP contribution in [0.3, 0.4) is 0 Å². The van der Waals surface area contributed by atoms with Crippen LogP contribution >= 0.6 is 30.6 Å². The van der Waals surface area contributed by atoms with Crippen LogP contribution in [0.5, 0.6) is 0 Å². The summed E-state index contributed by atoms with van der Waals surface area (Å²) in [6.07, 6.45) is 0. The fraction of sp³-hybridized carbons (Fsp3) is 0.167. The standard InChI is InChI=1S/C18H17Cl2N2O3P/c1-3-25-26(24,13-7-10(2)6-12(20)8-13)17-14-9-11(19)4-5-15(14)22-16(17)18(21)23/h4-9,22H,3H2,1-2H3,(H2,21,23). The molecule has 1 heterocycles. The van der Waals surface area contributed by atoms with Gasteiger partial charge in [-0.1, -0.05) is 23.2 Å². The SMILES string of the molecule is CCOP(=O)(c1cc(C)cc(Cl)c1)c1c(C(N)=O)[nH]c2ccc(Cl)cc12. The molecule has 1 unspecified atom stereocenters. The Kier molecular flexibility index (Phi) is 5.18. The second kappa shape index (κ2) is 7.09. The number of nitrogens with one attached hydrogen (secondary N) is 1. The number of aryl methyl sites for hydroxylation is 1. The van der Waals surface area contributed by atoms with Gasteiger partial charge in [0.05, 0.1) is 11.9 Å². The zero-order valence-corrected chi connectivity index (χ0v) is 16.6. The summed E-state index contributed by atoms with van der Waals surface area (Å²) in [7, 11) is -3.66. The normalized spacial score (nSPS) is 13.7. The molecule has 0 saturated carbocycles. The van der Waals surface area contributed by atoms with E-state index >= 15 is 0 Å². The average molecular weight is 411 g/mol. The van der Waals surface area contributed by atoms with Gasteiger partial charge < -0.3 is 15.2 Å². The maximum Gasteiger partial charge on any atom is 0.266 e. The molecule has 1 aromatic heterocycles. The van der Waals surface area contributed by atoms with Gasteiger partial charge in [-0.15, -0.1) is 0 Å². The molecule has 8 heteroatoms. The zero-order chi connectivity index (χ0) is 19.1. The predicted molar refractivity (Wildman–Crippen MR) is 107 cm³/mol. The first kappa shape index (κ1) is 19.0. The van der Waals surface area contributed by atoms with Gasteiger partial charge in [-0.25, -0.2) is 0 Å². The molecule has 26 heavy (non-hydrogen) atoms. The highest BCUT2D eigenvalue weighted by atomic mass is 35.5. The summed E-state index contributed by atoms with van der Waals surface area (Å²) in [5.74, 6) is -0.731. The molecule has 0 aliphatic carbocycles. The largest absolute Gasteiger partial charge is 0.364 e. The van der Waals surface area contributed by atoms with Crippen molar-refractivity contribution in [1.82, 2.24) is 4.98 Å². The zero-order valence-electron chi connectivity index (χ0n) is 14.2. The number of amides is 1. The quantitative estimate of drug-likeness (QED) is 0.619. The van der Waals surface area contributed by atoms with E-state index in [-0.39, 0.29) is 17.6 Å². The molecule has 0 spiro atoms. The maximum absolute atomic E-state index is 14.1. The Hall–Kier alpha value is -1.78. The van der Waals surface area contributed by atoms with Crippen molar-refractivity contribution >= 4 is 58.0 Å². The number of halogens is 2. The van der Waals surface area contributed by atoms with Crippen molar-refractivity contribution in [2.24, 2.45) is 5.73 Å². The van der Waals surface area contributed by atoms with Crippen LogP contribution in [0, 0.1) is 6.92 Å². The number of fused-ring (bicyclic) bond motifs is 1. The van der Waals surface area contributed by atoms with E-state index in [0.717, 1.165) is 5.56 Å². The molecule has 1 amide bonds. The number of benzene rings is 2. The van der Waals surface area contributed by atoms with Crippen LogP contribution in [0.1, 0.15) is 23.0 Å². The third-order valence-electron chi connectivity index (χ3n) is 3.95. The molecule has 3 rings (SSSR count). The molecule has 0 fully saturated rings. The topological polar surface area (TPSA) is 85.2 Å². The van der Waals surface area contributed by atoms with Crippen molar-refractivity contribution in [3.05, 3.63) is 57.7 Å². The number of rotatable bonds is 5. The van der Waals surface area contributed by atoms with E-state index in [1.165, 1.54) is 0 Å². The smallest absolute Gasteiger partial charge is 0.266 e. The van der Waals surface area contributed by atoms with Gasteiger partial charge in [-0.2, -0.15) is 0 Å². The minimum atomic E-state index is -3.66. The van der Waals surface area contributed by atoms with Gasteiger partial charge in [0.15, 0.2) is 0 Å². The Morgan fingerprint density at radius 1 is 1.19 bits per heavy atom. The van der Waals surface area contributed by atoms with Crippen molar-refractivity contribution in [1.29, 1.82) is 0 Å². The first-order valence-corrected chi connectivity index (χ1v) is 10.3. The third kappa shape index (κ3) is 3.28. The Morgan fingerprint density at radius 3 is 2.54 bits per heavy atom. The van der Waals surface area contributed by atoms with Gasteiger partial charge >= 0.3 is 0 Å². The summed E-state index contributed by atoms with van der Waals surface area (Å²) in [6, 6.07) is 10.1. The number of primary amides is 1. The highest BCUT2D eigenvalue weighted by Gasteiger charge is 2.36. The fourth-order valence-corrected chi connectivity index (χ4v) is 6.05. The van der Waals surface area contributed by atoms with Crippen LogP contribution in [0.2, 0.25) is 10.0 Å². The van der Waals surface area contributed by atoms with Gasteiger partial charge in [-0.05, 0) is 55.8 Å². The highest BCUT2D eigenvalue weighted by molar-refractivity contribution is 7.75. The molecule has 0 aliphatic heterocycles. The first-order chi connectivity index (χ1) is 12.3. The van der Waals surface area contributed by atoms with Crippen LogP contribution < -0.4 is 16.3 Å². The molecule has 3 N–H and O–H groups in total. The predicted octanol–water partition coefficient (Wildman–Crippen LogP) is 4.15. The minimum absolute atomic E-state index is 0.0386. The summed E-state index contributed by atoms with van der Waals surface area (Å²) in [5, 5.41) is 2.01. The number of hydrogen-bond donors (Lipinski definition) is 2. The summed E-state index contributed by atoms with van der Waals surface area (Å²) >= 11 is 12.3. The second-order valence-corrected chi connectivity index (χ2v) is 9.06. The van der Waals surface area contributed by atoms with E-state index in [4.69, 9.17) is 33.5 Å². The molecular weight excluding hydrogens is 394 g/mol. The van der Waals surface area contributed by atoms with Crippen LogP contribution in [0.15, 0.2) is 36.4 Å². The van der Waals surface area contributed by atoms with E-state index in [1.54, 1.807) is 43.3 Å². The third-order valence-corrected chi connectivity index (χ3v) is 7.02. The van der Waals surface area contributed by atoms with Gasteiger partial charge in [0, 0.05) is 26.3 Å². The summed E-state index contributed by atoms with van der Waals surface area (Å²) in [5.41, 5.74) is 7.00. The van der Waals surface area contributed by atoms with E-state index < -0.39 is 13.3 Å². The summed E-state index contributed by atoms with van der Waals surface area (Å²) < 4.78 is 19.8. The fourth-order valence-electron chi connectivity index (χ4n) is 2.97. The highest BCUT2D eigenvalue weighted by Crippen LogP contribution is 2.48. The number of carbonyl (C=O) groups excluding carboxylic acids is 1. The molecule has 0 bridgehead atoms. The van der Waals surface area contributed by atoms with Crippen molar-refractivity contribution in [3.63, 3.8) is 0 Å². The van der Waals surface area contributed by atoms with Crippen molar-refractivity contribution in [2.75, 3.05) is 6.61 Å². The van der Waals surface area contributed by atoms with E-state index in [1.807, 2.05) is 6.92 Å². The minimum Gasteiger partial charge on any atom is -0.364 e. The van der Waals surface area contributed by atoms with Crippen LogP contribution in [0.4, 0.5) is 0 Å². The second-order valence-electron chi connectivity index (χ2n) is 5.86. The number of H-pyrrole nitrogens is 1. The van der Waals surface area contributed by atoms with E-state index in [9.17, 15) is 9.36 Å². The van der Waals surface area contributed by atoms with Gasteiger partial charge in [0.2, 0.25) is 0 Å². The van der Waals surface area contributed by atoms with Crippen molar-refractivity contribution in [2.45, 2.75) is 13.8 Å². The lowest BCUT2D eigenvalue weighted by Crippen LogP contribution is -2.26. The lowest BCUT2D eigenvalue weighted by atomic mass is 10.2. The van der Waals surface area contributed by atoms with Gasteiger partial charge in [0.1, 0.15) is 5.69 Å². The molecular formula is C18H17Cl2N2O3P. The Labute approximate surface area is 160 Å². The molecule has 136 valence electrons. The molecule has 3 aromatic rings. The number of aromatic amines is 1. The maximum atomic E-state index is 14.1. The molecule has 0 saturated heterocycles. The van der Waals surface area contributed by atoms with Gasteiger partial charge in [0.25, 0.3) is 13.3 Å². The van der Waals surface area contributed by atoms with E-state index in [0.29, 0.717) is 26.3 Å². The lowest BCUT2D eigenvalue weighted by molar-refractivity contribution is 0.0997. The van der Waals surface area contributed by atoms with Gasteiger partial charge in [-0.3, -0.25) is 9.36 Å².